The summed E-state index contributed by atoms with van der Waals surface area (Å²) < 4.78 is 17.0. The molecule has 58 valence electrons. The van der Waals surface area contributed by atoms with Crippen molar-refractivity contribution in [2.45, 2.75) is 6.17 Å². The van der Waals surface area contributed by atoms with Crippen LogP contribution in [0.1, 0.15) is 0 Å². The van der Waals surface area contributed by atoms with Gasteiger partial charge in [0.25, 0.3) is 0 Å². The zero-order valence-corrected chi connectivity index (χ0v) is 5.76. The molecule has 1 N–H and O–H groups in total. The molecule has 0 radical (unpaired) electrons. The number of hydrogen-bond acceptors (Lipinski definition) is 3. The third kappa shape index (κ3) is 1.26. The monoisotopic (exact) mass is 147 g/mol. The fourth-order valence-corrected chi connectivity index (χ4v) is 1.03. The maximum absolute atomic E-state index is 12.7. The Kier molecular flexibility index (Phi) is 2.21. The molecule has 0 spiro atoms. The predicted molar refractivity (Wildman–Crippen MR) is 33.3 cm³/mol. The van der Waals surface area contributed by atoms with Gasteiger partial charge in [0.05, 0.1) is 7.11 Å². The van der Waals surface area contributed by atoms with E-state index in [4.69, 9.17) is 0 Å². The highest BCUT2D eigenvalue weighted by molar-refractivity contribution is 5.73. The van der Waals surface area contributed by atoms with Crippen LogP contribution >= 0.6 is 0 Å². The van der Waals surface area contributed by atoms with Gasteiger partial charge < -0.3 is 10.1 Å². The van der Waals surface area contributed by atoms with E-state index < -0.39 is 18.1 Å². The van der Waals surface area contributed by atoms with Gasteiger partial charge in [-0.25, -0.2) is 4.39 Å². The van der Waals surface area contributed by atoms with Crippen LogP contribution in [0.15, 0.2) is 0 Å². The van der Waals surface area contributed by atoms with Crippen molar-refractivity contribution in [3.05, 3.63) is 0 Å². The van der Waals surface area contributed by atoms with Crippen molar-refractivity contribution in [3.63, 3.8) is 0 Å². The maximum Gasteiger partial charge on any atom is 0.312 e. The summed E-state index contributed by atoms with van der Waals surface area (Å²) in [5.41, 5.74) is 0. The lowest BCUT2D eigenvalue weighted by Gasteiger charge is -2.06. The van der Waals surface area contributed by atoms with Crippen LogP contribution < -0.4 is 5.32 Å². The molecule has 1 aliphatic rings. The lowest BCUT2D eigenvalue weighted by molar-refractivity contribution is -0.146. The molecular weight excluding hydrogens is 137 g/mol. The molecule has 10 heavy (non-hydrogen) atoms. The van der Waals surface area contributed by atoms with Gasteiger partial charge >= 0.3 is 5.97 Å². The number of methoxy groups -OCH3 is 1. The molecule has 0 aliphatic carbocycles. The quantitative estimate of drug-likeness (QED) is 0.518. The van der Waals surface area contributed by atoms with Crippen LogP contribution in [0.5, 0.6) is 0 Å². The molecular formula is C6H10FNO2. The Morgan fingerprint density at radius 3 is 2.80 bits per heavy atom. The molecule has 2 atom stereocenters. The topological polar surface area (TPSA) is 38.3 Å². The average Bonchev–Trinajstić information content (AvgIpc) is 2.34. The Hall–Kier alpha value is -0.640. The van der Waals surface area contributed by atoms with Gasteiger partial charge in [0, 0.05) is 13.1 Å². The standard InChI is InChI=1S/C6H10FNO2/c1-10-6(9)4-2-8-3-5(4)7/h4-5,8H,2-3H2,1H3. The second kappa shape index (κ2) is 2.96. The highest BCUT2D eigenvalue weighted by atomic mass is 19.1. The molecule has 0 aromatic rings. The van der Waals surface area contributed by atoms with Crippen LogP contribution in [0.4, 0.5) is 4.39 Å². The van der Waals surface area contributed by atoms with Gasteiger partial charge in [-0.15, -0.1) is 0 Å². The first-order valence-electron chi connectivity index (χ1n) is 3.18. The van der Waals surface area contributed by atoms with Gasteiger partial charge in [-0.05, 0) is 0 Å². The van der Waals surface area contributed by atoms with Crippen LogP contribution in [0.25, 0.3) is 0 Å². The fraction of sp³-hybridized carbons (Fsp3) is 0.833. The predicted octanol–water partition coefficient (Wildman–Crippen LogP) is -0.283. The van der Waals surface area contributed by atoms with Crippen molar-refractivity contribution in [2.75, 3.05) is 20.2 Å². The normalized spacial score (nSPS) is 32.2. The molecule has 1 fully saturated rings. The Morgan fingerprint density at radius 1 is 1.70 bits per heavy atom. The summed E-state index contributed by atoms with van der Waals surface area (Å²) >= 11 is 0. The first-order valence-corrected chi connectivity index (χ1v) is 3.18. The summed E-state index contributed by atoms with van der Waals surface area (Å²) in [5.74, 6) is -1.05. The molecule has 4 heteroatoms. The third-order valence-electron chi connectivity index (χ3n) is 1.64. The zero-order valence-electron chi connectivity index (χ0n) is 5.76. The largest absolute Gasteiger partial charge is 0.469 e. The molecule has 1 heterocycles. The van der Waals surface area contributed by atoms with Crippen LogP contribution in [0.3, 0.4) is 0 Å². The number of carbonyl (C=O) groups is 1. The molecule has 1 rings (SSSR count). The number of rotatable bonds is 1. The van der Waals surface area contributed by atoms with Gasteiger partial charge in [0.1, 0.15) is 12.1 Å². The highest BCUT2D eigenvalue weighted by Gasteiger charge is 2.33. The molecule has 2 unspecified atom stereocenters. The lowest BCUT2D eigenvalue weighted by Crippen LogP contribution is -2.24. The number of halogens is 1. The van der Waals surface area contributed by atoms with Crippen molar-refractivity contribution < 1.29 is 13.9 Å². The van der Waals surface area contributed by atoms with Gasteiger partial charge in [0.2, 0.25) is 0 Å². The number of alkyl halides is 1. The summed E-state index contributed by atoms with van der Waals surface area (Å²) in [6, 6.07) is 0. The second-order valence-corrected chi connectivity index (χ2v) is 2.30. The first-order chi connectivity index (χ1) is 4.75. The highest BCUT2D eigenvalue weighted by Crippen LogP contribution is 2.13. The smallest absolute Gasteiger partial charge is 0.312 e. The van der Waals surface area contributed by atoms with Crippen LogP contribution in [0.2, 0.25) is 0 Å². The van der Waals surface area contributed by atoms with Crippen molar-refractivity contribution in [3.8, 4) is 0 Å². The number of nitrogens with one attached hydrogen (secondary N) is 1. The van der Waals surface area contributed by atoms with Crippen LogP contribution in [0, 0.1) is 5.92 Å². The Balaban J connectivity index is 2.46. The Labute approximate surface area is 58.5 Å². The fourth-order valence-electron chi connectivity index (χ4n) is 1.03. The maximum atomic E-state index is 12.7. The minimum Gasteiger partial charge on any atom is -0.469 e. The van der Waals surface area contributed by atoms with E-state index in [1.54, 1.807) is 0 Å². The van der Waals surface area contributed by atoms with Gasteiger partial charge in [-0.2, -0.15) is 0 Å². The minimum atomic E-state index is -1.08. The SMILES string of the molecule is COC(=O)C1CNCC1F. The molecule has 3 nitrogen and oxygen atoms in total. The van der Waals surface area contributed by atoms with Gasteiger partial charge in [-0.3, -0.25) is 4.79 Å². The number of ether oxygens (including phenoxy) is 1. The Morgan fingerprint density at radius 2 is 2.40 bits per heavy atom. The summed E-state index contributed by atoms with van der Waals surface area (Å²) in [6.07, 6.45) is -1.08. The van der Waals surface area contributed by atoms with E-state index in [1.807, 2.05) is 0 Å². The number of carbonyl (C=O) groups excluding carboxylic acids is 1. The zero-order chi connectivity index (χ0) is 7.56. The van der Waals surface area contributed by atoms with E-state index in [-0.39, 0.29) is 6.54 Å². The van der Waals surface area contributed by atoms with E-state index in [9.17, 15) is 9.18 Å². The number of hydrogen-bond donors (Lipinski definition) is 1. The van der Waals surface area contributed by atoms with Crippen molar-refractivity contribution >= 4 is 5.97 Å². The lowest BCUT2D eigenvalue weighted by atomic mass is 10.1. The van der Waals surface area contributed by atoms with Crippen LogP contribution in [-0.4, -0.2) is 32.3 Å². The molecule has 0 saturated carbocycles. The second-order valence-electron chi connectivity index (χ2n) is 2.30. The Bertz CT molecular complexity index is 140. The summed E-state index contributed by atoms with van der Waals surface area (Å²) in [6.45, 7) is 0.660. The van der Waals surface area contributed by atoms with Crippen molar-refractivity contribution in [1.82, 2.24) is 5.32 Å². The van der Waals surface area contributed by atoms with Crippen LogP contribution in [-0.2, 0) is 9.53 Å². The average molecular weight is 147 g/mol. The van der Waals surface area contributed by atoms with E-state index in [2.05, 4.69) is 10.1 Å². The van der Waals surface area contributed by atoms with Gasteiger partial charge in [-0.1, -0.05) is 0 Å². The third-order valence-corrected chi connectivity index (χ3v) is 1.64. The summed E-state index contributed by atoms with van der Waals surface area (Å²) in [4.78, 5) is 10.7. The summed E-state index contributed by atoms with van der Waals surface area (Å²) in [5, 5.41) is 2.76. The molecule has 1 saturated heterocycles. The minimum absolute atomic E-state index is 0.264. The summed E-state index contributed by atoms with van der Waals surface area (Å²) in [7, 11) is 1.27. The van der Waals surface area contributed by atoms with E-state index in [1.165, 1.54) is 7.11 Å². The van der Waals surface area contributed by atoms with Gasteiger partial charge in [0.15, 0.2) is 0 Å². The van der Waals surface area contributed by atoms with E-state index in [0.29, 0.717) is 6.54 Å². The van der Waals surface area contributed by atoms with Crippen molar-refractivity contribution in [1.29, 1.82) is 0 Å². The molecule has 0 bridgehead atoms. The molecule has 0 aromatic heterocycles. The molecule has 0 amide bonds. The number of esters is 1. The molecule has 0 aromatic carbocycles. The molecule has 1 aliphatic heterocycles. The first kappa shape index (κ1) is 7.47. The van der Waals surface area contributed by atoms with Crippen molar-refractivity contribution in [2.24, 2.45) is 5.92 Å². The van der Waals surface area contributed by atoms with E-state index >= 15 is 0 Å². The van der Waals surface area contributed by atoms with E-state index in [0.717, 1.165) is 0 Å².